The lowest BCUT2D eigenvalue weighted by molar-refractivity contribution is -0.133. The zero-order valence-electron chi connectivity index (χ0n) is 19.7. The highest BCUT2D eigenvalue weighted by Crippen LogP contribution is 2.32. The van der Waals surface area contributed by atoms with Crippen LogP contribution >= 0.6 is 11.6 Å². The van der Waals surface area contributed by atoms with E-state index in [-0.39, 0.29) is 24.6 Å². The highest BCUT2D eigenvalue weighted by molar-refractivity contribution is 7.89. The molecule has 0 radical (unpaired) electrons. The molecule has 3 aromatic carbocycles. The molecule has 0 saturated carbocycles. The molecule has 194 valence electrons. The van der Waals surface area contributed by atoms with Crippen LogP contribution < -0.4 is 15.1 Å². The molecule has 0 saturated heterocycles. The summed E-state index contributed by atoms with van der Waals surface area (Å²) in [7, 11) is -2.91. The average molecular weight is 546 g/mol. The van der Waals surface area contributed by atoms with Gasteiger partial charge in [-0.1, -0.05) is 29.8 Å². The van der Waals surface area contributed by atoms with Crippen LogP contribution in [-0.4, -0.2) is 56.0 Å². The average Bonchev–Trinajstić information content (AvgIpc) is 3.08. The van der Waals surface area contributed by atoms with Gasteiger partial charge in [0.15, 0.2) is 0 Å². The van der Waals surface area contributed by atoms with Crippen LogP contribution in [0.5, 0.6) is 11.5 Å². The standard InChI is InChI=1S/C25H24ClN3O7S/c1-35-16-24(30)28-15-23(25(31)27-32)29(14-17-4-2-3-5-22(17)28)37(33,34)21-12-10-20(11-13-21)36-19-8-6-18(26)7-9-19/h2-13,23,32H,14-16H2,1H3,(H,27,31). The Morgan fingerprint density at radius 2 is 1.65 bits per heavy atom. The smallest absolute Gasteiger partial charge is 0.263 e. The molecule has 0 spiro atoms. The fourth-order valence-corrected chi connectivity index (χ4v) is 5.66. The number of ether oxygens (including phenoxy) is 2. The Morgan fingerprint density at radius 1 is 1.03 bits per heavy atom. The Balaban J connectivity index is 1.69. The molecule has 1 unspecified atom stereocenters. The summed E-state index contributed by atoms with van der Waals surface area (Å²) in [6, 6.07) is 17.7. The van der Waals surface area contributed by atoms with Gasteiger partial charge >= 0.3 is 0 Å². The van der Waals surface area contributed by atoms with Crippen molar-refractivity contribution in [2.45, 2.75) is 17.5 Å². The first-order chi connectivity index (χ1) is 17.7. The normalized spacial score (nSPS) is 16.0. The van der Waals surface area contributed by atoms with Crippen molar-refractivity contribution >= 4 is 39.1 Å². The van der Waals surface area contributed by atoms with E-state index in [1.165, 1.54) is 41.8 Å². The molecule has 0 aromatic heterocycles. The molecule has 1 aliphatic heterocycles. The van der Waals surface area contributed by atoms with Crippen molar-refractivity contribution < 1.29 is 32.7 Å². The van der Waals surface area contributed by atoms with Crippen LogP contribution in [-0.2, 0) is 30.9 Å². The van der Waals surface area contributed by atoms with Crippen LogP contribution in [0.1, 0.15) is 5.56 Å². The molecule has 10 nitrogen and oxygen atoms in total. The number of methoxy groups -OCH3 is 1. The highest BCUT2D eigenvalue weighted by Gasteiger charge is 2.41. The van der Waals surface area contributed by atoms with E-state index in [9.17, 15) is 23.2 Å². The summed E-state index contributed by atoms with van der Waals surface area (Å²) < 4.78 is 39.2. The van der Waals surface area contributed by atoms with Gasteiger partial charge in [-0.15, -0.1) is 0 Å². The number of amides is 2. The largest absolute Gasteiger partial charge is 0.457 e. The van der Waals surface area contributed by atoms with Gasteiger partial charge in [0.25, 0.3) is 11.8 Å². The number of hydrogen-bond donors (Lipinski definition) is 2. The molecular formula is C25H24ClN3O7S. The van der Waals surface area contributed by atoms with Crippen molar-refractivity contribution in [2.75, 3.05) is 25.2 Å². The van der Waals surface area contributed by atoms with Gasteiger partial charge in [0, 0.05) is 24.4 Å². The van der Waals surface area contributed by atoms with E-state index in [2.05, 4.69) is 0 Å². The molecule has 2 N–H and O–H groups in total. The van der Waals surface area contributed by atoms with E-state index < -0.39 is 27.9 Å². The molecule has 1 aliphatic rings. The van der Waals surface area contributed by atoms with Crippen LogP contribution in [0.3, 0.4) is 0 Å². The molecule has 0 aliphatic carbocycles. The van der Waals surface area contributed by atoms with E-state index in [0.717, 1.165) is 4.31 Å². The quantitative estimate of drug-likeness (QED) is 0.345. The van der Waals surface area contributed by atoms with Crippen LogP contribution in [0.15, 0.2) is 77.7 Å². The lowest BCUT2D eigenvalue weighted by atomic mass is 10.1. The molecule has 2 amide bonds. The zero-order chi connectivity index (χ0) is 26.6. The molecule has 37 heavy (non-hydrogen) atoms. The Hall–Kier alpha value is -3.48. The summed E-state index contributed by atoms with van der Waals surface area (Å²) in [4.78, 5) is 26.7. The SMILES string of the molecule is COCC(=O)N1CC(C(=O)NO)N(S(=O)(=O)c2ccc(Oc3ccc(Cl)cc3)cc2)Cc2ccccc21. The van der Waals surface area contributed by atoms with Gasteiger partial charge in [-0.05, 0) is 60.2 Å². The Bertz CT molecular complexity index is 1380. The first-order valence-corrected chi connectivity index (χ1v) is 12.9. The maximum atomic E-state index is 13.8. The number of carbonyl (C=O) groups excluding carboxylic acids is 2. The van der Waals surface area contributed by atoms with Crippen molar-refractivity contribution in [1.29, 1.82) is 0 Å². The third kappa shape index (κ3) is 5.76. The van der Waals surface area contributed by atoms with E-state index in [1.54, 1.807) is 48.5 Å². The van der Waals surface area contributed by atoms with Gasteiger partial charge < -0.3 is 14.4 Å². The first-order valence-electron chi connectivity index (χ1n) is 11.1. The molecule has 1 heterocycles. The number of benzene rings is 3. The number of anilines is 1. The monoisotopic (exact) mass is 545 g/mol. The van der Waals surface area contributed by atoms with Crippen LogP contribution in [0, 0.1) is 0 Å². The Kier molecular flexibility index (Phi) is 8.10. The van der Waals surface area contributed by atoms with Crippen molar-refractivity contribution in [3.8, 4) is 11.5 Å². The van der Waals surface area contributed by atoms with Gasteiger partial charge in [-0.2, -0.15) is 4.31 Å². The van der Waals surface area contributed by atoms with Gasteiger partial charge in [0.2, 0.25) is 10.0 Å². The number of carbonyl (C=O) groups is 2. The molecule has 0 bridgehead atoms. The first kappa shape index (κ1) is 26.6. The van der Waals surface area contributed by atoms with Crippen LogP contribution in [0.25, 0.3) is 0 Å². The summed E-state index contributed by atoms with van der Waals surface area (Å²) in [5, 5.41) is 9.95. The number of nitrogens with zero attached hydrogens (tertiary/aromatic N) is 2. The fraction of sp³-hybridized carbons (Fsp3) is 0.200. The van der Waals surface area contributed by atoms with Gasteiger partial charge in [0.1, 0.15) is 24.1 Å². The second-order valence-electron chi connectivity index (χ2n) is 8.14. The number of rotatable bonds is 7. The van der Waals surface area contributed by atoms with Crippen molar-refractivity contribution in [3.05, 3.63) is 83.4 Å². The van der Waals surface area contributed by atoms with Crippen molar-refractivity contribution in [3.63, 3.8) is 0 Å². The van der Waals surface area contributed by atoms with E-state index in [1.807, 2.05) is 0 Å². The third-order valence-electron chi connectivity index (χ3n) is 5.77. The minimum atomic E-state index is -4.27. The summed E-state index contributed by atoms with van der Waals surface area (Å²) in [5.41, 5.74) is 2.49. The lowest BCUT2D eigenvalue weighted by Crippen LogP contribution is -2.53. The van der Waals surface area contributed by atoms with Gasteiger partial charge in [-0.3, -0.25) is 14.8 Å². The van der Waals surface area contributed by atoms with Crippen molar-refractivity contribution in [1.82, 2.24) is 9.79 Å². The summed E-state index contributed by atoms with van der Waals surface area (Å²) in [5.74, 6) is -0.531. The maximum Gasteiger partial charge on any atom is 0.263 e. The van der Waals surface area contributed by atoms with E-state index in [0.29, 0.717) is 27.8 Å². The van der Waals surface area contributed by atoms with Crippen LogP contribution in [0.4, 0.5) is 5.69 Å². The van der Waals surface area contributed by atoms with E-state index >= 15 is 0 Å². The predicted molar refractivity (Wildman–Crippen MR) is 135 cm³/mol. The van der Waals surface area contributed by atoms with Gasteiger partial charge in [-0.25, -0.2) is 13.9 Å². The topological polar surface area (TPSA) is 125 Å². The number of halogens is 1. The molecule has 4 rings (SSSR count). The molecular weight excluding hydrogens is 522 g/mol. The van der Waals surface area contributed by atoms with Crippen molar-refractivity contribution in [2.24, 2.45) is 0 Å². The minimum Gasteiger partial charge on any atom is -0.457 e. The number of fused-ring (bicyclic) bond motifs is 1. The Morgan fingerprint density at radius 3 is 2.27 bits per heavy atom. The number of hydroxylamine groups is 1. The van der Waals surface area contributed by atoms with E-state index in [4.69, 9.17) is 21.1 Å². The number of hydrogen-bond acceptors (Lipinski definition) is 7. The van der Waals surface area contributed by atoms with Gasteiger partial charge in [0.05, 0.1) is 11.4 Å². The second-order valence-corrected chi connectivity index (χ2v) is 10.5. The molecule has 0 fully saturated rings. The third-order valence-corrected chi connectivity index (χ3v) is 7.89. The number of nitrogens with one attached hydrogen (secondary N) is 1. The number of sulfonamides is 1. The highest BCUT2D eigenvalue weighted by atomic mass is 35.5. The zero-order valence-corrected chi connectivity index (χ0v) is 21.3. The Labute approximate surface area is 219 Å². The minimum absolute atomic E-state index is 0.0964. The molecule has 1 atom stereocenters. The fourth-order valence-electron chi connectivity index (χ4n) is 3.98. The lowest BCUT2D eigenvalue weighted by Gasteiger charge is -2.29. The summed E-state index contributed by atoms with van der Waals surface area (Å²) in [6.07, 6.45) is 0. The second kappa shape index (κ2) is 11.3. The van der Waals surface area contributed by atoms with Crippen LogP contribution in [0.2, 0.25) is 5.02 Å². The number of para-hydroxylation sites is 1. The molecule has 12 heteroatoms. The summed E-state index contributed by atoms with van der Waals surface area (Å²) in [6.45, 7) is -0.817. The predicted octanol–water partition coefficient (Wildman–Crippen LogP) is 3.19. The molecule has 3 aromatic rings. The summed E-state index contributed by atoms with van der Waals surface area (Å²) >= 11 is 5.89. The maximum absolute atomic E-state index is 13.8.